The molecular weight excluding hydrogens is 296 g/mol. The molecule has 0 saturated heterocycles. The second-order valence-electron chi connectivity index (χ2n) is 4.46. The topological polar surface area (TPSA) is 112 Å². The van der Waals surface area contributed by atoms with Crippen LogP contribution in [0.5, 0.6) is 0 Å². The molecule has 0 atom stereocenters. The fourth-order valence-electron chi connectivity index (χ4n) is 1.36. The molecule has 0 heterocycles. The fourth-order valence-corrected chi connectivity index (χ4v) is 1.36. The maximum atomic E-state index is 9.29. The van der Waals surface area contributed by atoms with E-state index in [0.29, 0.717) is 0 Å². The molecule has 0 aromatic rings. The van der Waals surface area contributed by atoms with E-state index in [-0.39, 0.29) is 0 Å². The van der Waals surface area contributed by atoms with E-state index in [1.807, 2.05) is 0 Å². The van der Waals surface area contributed by atoms with E-state index in [1.165, 1.54) is 38.5 Å². The lowest BCUT2D eigenvalue weighted by atomic mass is 10.2. The highest BCUT2D eigenvalue weighted by atomic mass is 17.2. The van der Waals surface area contributed by atoms with Crippen LogP contribution in [0.4, 0.5) is 9.59 Å². The zero-order valence-corrected chi connectivity index (χ0v) is 13.4. The summed E-state index contributed by atoms with van der Waals surface area (Å²) >= 11 is 0. The molecule has 0 aliphatic heterocycles. The summed E-state index contributed by atoms with van der Waals surface area (Å²) in [5.41, 5.74) is 0. The molecule has 0 spiro atoms. The van der Waals surface area contributed by atoms with Crippen molar-refractivity contribution in [3.05, 3.63) is 0 Å². The van der Waals surface area contributed by atoms with Crippen molar-refractivity contribution in [3.63, 3.8) is 0 Å². The van der Waals surface area contributed by atoms with Crippen LogP contribution in [0.1, 0.15) is 65.2 Å². The van der Waals surface area contributed by atoms with Crippen molar-refractivity contribution < 1.29 is 39.4 Å². The van der Waals surface area contributed by atoms with Crippen LogP contribution in [0.15, 0.2) is 0 Å². The van der Waals surface area contributed by atoms with Crippen molar-refractivity contribution in [3.8, 4) is 0 Å². The van der Waals surface area contributed by atoms with Crippen LogP contribution in [0, 0.1) is 0 Å². The molecule has 0 aliphatic carbocycles. The molecule has 0 aromatic heterocycles. The van der Waals surface area contributed by atoms with Crippen LogP contribution in [0.3, 0.4) is 0 Å². The highest BCUT2D eigenvalue weighted by Crippen LogP contribution is 2.01. The standard InChI is InChI=1S/C12H26O2.C2H2O6/c1-3-5-7-9-11-13-14-12-10-8-6-4-2;3-1(4)7-8-2(5)6/h3-12H2,1-2H3;(H,3,4)(H,5,6). The Labute approximate surface area is 131 Å². The average Bonchev–Trinajstić information content (AvgIpc) is 2.48. The number of hydrogen-bond acceptors (Lipinski definition) is 6. The van der Waals surface area contributed by atoms with Gasteiger partial charge < -0.3 is 10.2 Å². The van der Waals surface area contributed by atoms with Crippen LogP contribution in [-0.4, -0.2) is 35.7 Å². The van der Waals surface area contributed by atoms with Gasteiger partial charge in [-0.1, -0.05) is 52.4 Å². The lowest BCUT2D eigenvalue weighted by Gasteiger charge is -2.03. The minimum Gasteiger partial charge on any atom is -0.447 e. The molecule has 0 aromatic carbocycles. The van der Waals surface area contributed by atoms with E-state index < -0.39 is 12.3 Å². The van der Waals surface area contributed by atoms with Gasteiger partial charge in [-0.05, 0) is 12.8 Å². The minimum atomic E-state index is -1.80. The zero-order chi connectivity index (χ0) is 17.1. The fraction of sp³-hybridized carbons (Fsp3) is 0.857. The van der Waals surface area contributed by atoms with Crippen molar-refractivity contribution in [2.24, 2.45) is 0 Å². The third kappa shape index (κ3) is 26.9. The zero-order valence-electron chi connectivity index (χ0n) is 13.4. The molecule has 8 heteroatoms. The van der Waals surface area contributed by atoms with E-state index in [0.717, 1.165) is 26.1 Å². The van der Waals surface area contributed by atoms with Crippen LogP contribution in [0.25, 0.3) is 0 Å². The van der Waals surface area contributed by atoms with Crippen LogP contribution < -0.4 is 0 Å². The highest BCUT2D eigenvalue weighted by Gasteiger charge is 2.01. The molecule has 0 bridgehead atoms. The van der Waals surface area contributed by atoms with Crippen molar-refractivity contribution in [2.75, 3.05) is 13.2 Å². The minimum absolute atomic E-state index is 0.758. The number of rotatable bonds is 11. The van der Waals surface area contributed by atoms with Gasteiger partial charge in [0.1, 0.15) is 0 Å². The van der Waals surface area contributed by atoms with Crippen LogP contribution in [0.2, 0.25) is 0 Å². The summed E-state index contributed by atoms with van der Waals surface area (Å²) in [4.78, 5) is 34.9. The van der Waals surface area contributed by atoms with Gasteiger partial charge in [0.05, 0.1) is 13.2 Å². The predicted octanol–water partition coefficient (Wildman–Crippen LogP) is 4.39. The Hall–Kier alpha value is -1.54. The third-order valence-electron chi connectivity index (χ3n) is 2.43. The summed E-state index contributed by atoms with van der Waals surface area (Å²) in [5.74, 6) is 0. The molecule has 0 unspecified atom stereocenters. The summed E-state index contributed by atoms with van der Waals surface area (Å²) in [6, 6.07) is 0. The summed E-state index contributed by atoms with van der Waals surface area (Å²) in [5, 5.41) is 15.1. The van der Waals surface area contributed by atoms with Gasteiger partial charge in [-0.2, -0.15) is 0 Å². The smallest absolute Gasteiger partial charge is 0.447 e. The van der Waals surface area contributed by atoms with E-state index in [9.17, 15) is 9.59 Å². The second-order valence-corrected chi connectivity index (χ2v) is 4.46. The molecule has 8 nitrogen and oxygen atoms in total. The molecule has 0 radical (unpaired) electrons. The molecule has 0 amide bonds. The van der Waals surface area contributed by atoms with Crippen molar-refractivity contribution in [1.29, 1.82) is 0 Å². The van der Waals surface area contributed by atoms with Crippen molar-refractivity contribution >= 4 is 12.3 Å². The largest absolute Gasteiger partial charge is 0.547 e. The van der Waals surface area contributed by atoms with Crippen LogP contribution in [-0.2, 0) is 19.6 Å². The van der Waals surface area contributed by atoms with Gasteiger partial charge in [0.15, 0.2) is 0 Å². The number of hydrogen-bond donors (Lipinski definition) is 2. The van der Waals surface area contributed by atoms with Crippen molar-refractivity contribution in [2.45, 2.75) is 65.2 Å². The highest BCUT2D eigenvalue weighted by molar-refractivity contribution is 5.60. The molecule has 132 valence electrons. The Bertz CT molecular complexity index is 231. The Kier molecular flexibility index (Phi) is 20.1. The Balaban J connectivity index is 0. The van der Waals surface area contributed by atoms with Gasteiger partial charge in [0.2, 0.25) is 0 Å². The van der Waals surface area contributed by atoms with Crippen molar-refractivity contribution in [1.82, 2.24) is 0 Å². The molecule has 0 rings (SSSR count). The maximum Gasteiger partial charge on any atom is 0.547 e. The Morgan fingerprint density at radius 1 is 0.682 bits per heavy atom. The average molecular weight is 324 g/mol. The van der Waals surface area contributed by atoms with E-state index in [2.05, 4.69) is 23.6 Å². The number of carboxylic acid groups (broad SMARTS) is 2. The predicted molar refractivity (Wildman–Crippen MR) is 78.4 cm³/mol. The first kappa shape index (κ1) is 22.7. The first-order valence-electron chi connectivity index (χ1n) is 7.59. The third-order valence-corrected chi connectivity index (χ3v) is 2.43. The normalized spacial score (nSPS) is 9.55. The SMILES string of the molecule is CCCCCCOOCCCCCC.O=C(O)OOC(=O)O. The lowest BCUT2D eigenvalue weighted by molar-refractivity contribution is -0.295. The molecule has 0 aliphatic rings. The monoisotopic (exact) mass is 324 g/mol. The molecular formula is C14H28O8. The molecule has 0 saturated carbocycles. The van der Waals surface area contributed by atoms with Gasteiger partial charge in [-0.15, -0.1) is 0 Å². The van der Waals surface area contributed by atoms with Gasteiger partial charge >= 0.3 is 12.3 Å². The van der Waals surface area contributed by atoms with E-state index in [1.54, 1.807) is 0 Å². The van der Waals surface area contributed by atoms with Gasteiger partial charge in [-0.3, -0.25) is 0 Å². The summed E-state index contributed by atoms with van der Waals surface area (Å²) in [6.07, 6.45) is 6.34. The molecule has 0 fully saturated rings. The van der Waals surface area contributed by atoms with Crippen LogP contribution >= 0.6 is 0 Å². The first-order valence-corrected chi connectivity index (χ1v) is 7.59. The quantitative estimate of drug-likeness (QED) is 0.327. The Morgan fingerprint density at radius 2 is 1.05 bits per heavy atom. The Morgan fingerprint density at radius 3 is 1.32 bits per heavy atom. The lowest BCUT2D eigenvalue weighted by Crippen LogP contribution is -2.05. The van der Waals surface area contributed by atoms with E-state index in [4.69, 9.17) is 20.0 Å². The molecule has 22 heavy (non-hydrogen) atoms. The van der Waals surface area contributed by atoms with Gasteiger partial charge in [0.25, 0.3) is 0 Å². The van der Waals surface area contributed by atoms with E-state index >= 15 is 0 Å². The summed E-state index contributed by atoms with van der Waals surface area (Å²) in [6.45, 7) is 5.94. The first-order chi connectivity index (χ1) is 10.5. The summed E-state index contributed by atoms with van der Waals surface area (Å²) < 4.78 is 0. The number of unbranched alkanes of at least 4 members (excludes halogenated alkanes) is 6. The maximum absolute atomic E-state index is 9.29. The number of carbonyl (C=O) groups is 2. The summed E-state index contributed by atoms with van der Waals surface area (Å²) in [7, 11) is 0. The molecule has 2 N–H and O–H groups in total. The van der Waals surface area contributed by atoms with Gasteiger partial charge in [-0.25, -0.2) is 29.1 Å². The van der Waals surface area contributed by atoms with Gasteiger partial charge in [0, 0.05) is 0 Å². The second kappa shape index (κ2) is 19.5.